The normalized spacial score (nSPS) is 13.9. The molecule has 0 saturated carbocycles. The highest BCUT2D eigenvalue weighted by molar-refractivity contribution is 7.09. The molecule has 5 nitrogen and oxygen atoms in total. The quantitative estimate of drug-likeness (QED) is 0.444. The molecule has 1 amide bonds. The van der Waals surface area contributed by atoms with E-state index < -0.39 is 0 Å². The second-order valence-electron chi connectivity index (χ2n) is 7.51. The zero-order valence-electron chi connectivity index (χ0n) is 16.6. The molecule has 4 heterocycles. The Morgan fingerprint density at radius 1 is 0.933 bits per heavy atom. The predicted octanol–water partition coefficient (Wildman–Crippen LogP) is 5.04. The highest BCUT2D eigenvalue weighted by Crippen LogP contribution is 2.28. The van der Waals surface area contributed by atoms with Gasteiger partial charge in [0, 0.05) is 84.2 Å². The van der Waals surface area contributed by atoms with Gasteiger partial charge in [-0.15, -0.1) is 11.3 Å². The molecule has 1 aliphatic rings. The predicted molar refractivity (Wildman–Crippen MR) is 121 cm³/mol. The van der Waals surface area contributed by atoms with Crippen LogP contribution < -0.4 is 4.90 Å². The lowest BCUT2D eigenvalue weighted by Gasteiger charge is -2.16. The zero-order chi connectivity index (χ0) is 20.3. The lowest BCUT2D eigenvalue weighted by molar-refractivity contribution is -0.117. The van der Waals surface area contributed by atoms with Crippen molar-refractivity contribution in [1.29, 1.82) is 0 Å². The molecule has 30 heavy (non-hydrogen) atoms. The van der Waals surface area contributed by atoms with Crippen molar-refractivity contribution in [3.63, 3.8) is 0 Å². The molecule has 0 aliphatic carbocycles. The summed E-state index contributed by atoms with van der Waals surface area (Å²) in [4.78, 5) is 23.7. The van der Waals surface area contributed by atoms with Crippen LogP contribution in [0.3, 0.4) is 0 Å². The van der Waals surface area contributed by atoms with Crippen LogP contribution in [0.5, 0.6) is 0 Å². The second-order valence-corrected chi connectivity index (χ2v) is 8.48. The van der Waals surface area contributed by atoms with Gasteiger partial charge < -0.3 is 9.47 Å². The standard InChI is InChI=1S/C24H22N4OS/c29-24-2-1-9-28(24)22-5-3-18(4-6-22)20-12-21(14-25-13-20)19-7-10-27(16-19)11-8-23-15-26-17-30-23/h3-7,10,12-17H,1-2,8-9,11H2. The Kier molecular flexibility index (Phi) is 5.15. The second kappa shape index (κ2) is 8.24. The van der Waals surface area contributed by atoms with Gasteiger partial charge in [0.15, 0.2) is 0 Å². The van der Waals surface area contributed by atoms with E-state index in [0.717, 1.165) is 53.9 Å². The number of anilines is 1. The van der Waals surface area contributed by atoms with E-state index >= 15 is 0 Å². The number of carbonyl (C=O) groups excluding carboxylic acids is 1. The van der Waals surface area contributed by atoms with Crippen molar-refractivity contribution in [1.82, 2.24) is 14.5 Å². The summed E-state index contributed by atoms with van der Waals surface area (Å²) in [5.41, 5.74) is 7.29. The first kappa shape index (κ1) is 18.8. The molecule has 1 fully saturated rings. The molecule has 1 saturated heterocycles. The number of thiazole rings is 1. The molecular formula is C24H22N4OS. The number of amides is 1. The Morgan fingerprint density at radius 3 is 2.50 bits per heavy atom. The Balaban J connectivity index is 1.32. The zero-order valence-corrected chi connectivity index (χ0v) is 17.4. The van der Waals surface area contributed by atoms with Crippen molar-refractivity contribution in [3.8, 4) is 22.3 Å². The molecule has 0 spiro atoms. The summed E-state index contributed by atoms with van der Waals surface area (Å²) in [6, 6.07) is 12.5. The fourth-order valence-corrected chi connectivity index (χ4v) is 4.45. The number of hydrogen-bond donors (Lipinski definition) is 0. The van der Waals surface area contributed by atoms with Gasteiger partial charge in [-0.25, -0.2) is 0 Å². The third-order valence-electron chi connectivity index (χ3n) is 5.51. The largest absolute Gasteiger partial charge is 0.353 e. The third kappa shape index (κ3) is 3.91. The van der Waals surface area contributed by atoms with Crippen molar-refractivity contribution in [2.75, 3.05) is 11.4 Å². The van der Waals surface area contributed by atoms with Gasteiger partial charge in [-0.2, -0.15) is 0 Å². The van der Waals surface area contributed by atoms with Gasteiger partial charge in [0.05, 0.1) is 5.51 Å². The molecule has 150 valence electrons. The van der Waals surface area contributed by atoms with E-state index in [1.807, 2.05) is 41.1 Å². The van der Waals surface area contributed by atoms with Crippen LogP contribution in [0.1, 0.15) is 17.7 Å². The molecule has 1 aliphatic heterocycles. The van der Waals surface area contributed by atoms with E-state index in [4.69, 9.17) is 0 Å². The summed E-state index contributed by atoms with van der Waals surface area (Å²) in [5, 5.41) is 0. The summed E-state index contributed by atoms with van der Waals surface area (Å²) in [6.07, 6.45) is 12.6. The smallest absolute Gasteiger partial charge is 0.227 e. The van der Waals surface area contributed by atoms with Gasteiger partial charge in [-0.05, 0) is 36.2 Å². The summed E-state index contributed by atoms with van der Waals surface area (Å²) in [7, 11) is 0. The van der Waals surface area contributed by atoms with Gasteiger partial charge in [-0.1, -0.05) is 12.1 Å². The van der Waals surface area contributed by atoms with E-state index in [0.29, 0.717) is 6.42 Å². The fourth-order valence-electron chi connectivity index (χ4n) is 3.87. The Labute approximate surface area is 179 Å². The SMILES string of the molecule is O=C1CCCN1c1ccc(-c2cncc(-c3ccn(CCc4cncs4)c3)c2)cc1. The molecule has 0 unspecified atom stereocenters. The monoisotopic (exact) mass is 414 g/mol. The van der Waals surface area contributed by atoms with Gasteiger partial charge in [0.2, 0.25) is 5.91 Å². The van der Waals surface area contributed by atoms with Gasteiger partial charge in [-0.3, -0.25) is 14.8 Å². The van der Waals surface area contributed by atoms with E-state index in [1.54, 1.807) is 11.3 Å². The van der Waals surface area contributed by atoms with Crippen LogP contribution in [0.25, 0.3) is 22.3 Å². The summed E-state index contributed by atoms with van der Waals surface area (Å²) in [6.45, 7) is 1.75. The lowest BCUT2D eigenvalue weighted by atomic mass is 10.0. The van der Waals surface area contributed by atoms with Crippen molar-refractivity contribution in [3.05, 3.63) is 77.8 Å². The number of aromatic nitrogens is 3. The molecule has 3 aromatic heterocycles. The maximum atomic E-state index is 12.0. The summed E-state index contributed by atoms with van der Waals surface area (Å²) >= 11 is 1.70. The van der Waals surface area contributed by atoms with Crippen LogP contribution in [0.4, 0.5) is 5.69 Å². The minimum Gasteiger partial charge on any atom is -0.353 e. The van der Waals surface area contributed by atoms with Crippen molar-refractivity contribution in [2.24, 2.45) is 0 Å². The van der Waals surface area contributed by atoms with Crippen LogP contribution in [0, 0.1) is 0 Å². The van der Waals surface area contributed by atoms with Crippen LogP contribution in [0.2, 0.25) is 0 Å². The molecule has 0 atom stereocenters. The first-order chi connectivity index (χ1) is 14.8. The Morgan fingerprint density at radius 2 is 1.77 bits per heavy atom. The average molecular weight is 415 g/mol. The van der Waals surface area contributed by atoms with Gasteiger partial charge in [0.25, 0.3) is 0 Å². The third-order valence-corrected chi connectivity index (χ3v) is 6.35. The number of pyridine rings is 1. The first-order valence-corrected chi connectivity index (χ1v) is 11.0. The van der Waals surface area contributed by atoms with Crippen LogP contribution >= 0.6 is 11.3 Å². The minimum absolute atomic E-state index is 0.214. The molecule has 4 aromatic rings. The van der Waals surface area contributed by atoms with Gasteiger partial charge in [0.1, 0.15) is 0 Å². The highest BCUT2D eigenvalue weighted by Gasteiger charge is 2.21. The number of hydrogen-bond acceptors (Lipinski definition) is 4. The van der Waals surface area contributed by atoms with Crippen LogP contribution in [0.15, 0.2) is 72.9 Å². The summed E-state index contributed by atoms with van der Waals surface area (Å²) < 4.78 is 2.21. The van der Waals surface area contributed by atoms with Crippen LogP contribution in [-0.4, -0.2) is 27.0 Å². The molecule has 0 N–H and O–H groups in total. The number of aryl methyl sites for hydroxylation is 2. The molecule has 0 radical (unpaired) electrons. The van der Waals surface area contributed by atoms with E-state index in [1.165, 1.54) is 4.88 Å². The first-order valence-electron chi connectivity index (χ1n) is 10.2. The number of benzene rings is 1. The van der Waals surface area contributed by atoms with Crippen molar-refractivity contribution in [2.45, 2.75) is 25.8 Å². The molecular weight excluding hydrogens is 392 g/mol. The summed E-state index contributed by atoms with van der Waals surface area (Å²) in [5.74, 6) is 0.214. The van der Waals surface area contributed by atoms with Crippen LogP contribution in [-0.2, 0) is 17.8 Å². The molecule has 1 aromatic carbocycles. The number of rotatable bonds is 6. The maximum absolute atomic E-state index is 12.0. The highest BCUT2D eigenvalue weighted by atomic mass is 32.1. The topological polar surface area (TPSA) is 51.0 Å². The number of nitrogens with zero attached hydrogens (tertiary/aromatic N) is 4. The Bertz CT molecular complexity index is 1150. The van der Waals surface area contributed by atoms with E-state index in [9.17, 15) is 4.79 Å². The Hall–Kier alpha value is -3.25. The van der Waals surface area contributed by atoms with E-state index in [-0.39, 0.29) is 5.91 Å². The fraction of sp³-hybridized carbons (Fsp3) is 0.208. The molecule has 0 bridgehead atoms. The van der Waals surface area contributed by atoms with Crippen molar-refractivity contribution >= 4 is 22.9 Å². The van der Waals surface area contributed by atoms with E-state index in [2.05, 4.69) is 51.2 Å². The number of carbonyl (C=O) groups is 1. The molecule has 5 rings (SSSR count). The average Bonchev–Trinajstić information content (AvgIpc) is 3.55. The lowest BCUT2D eigenvalue weighted by Crippen LogP contribution is -2.23. The minimum atomic E-state index is 0.214. The maximum Gasteiger partial charge on any atom is 0.227 e. The van der Waals surface area contributed by atoms with Crippen molar-refractivity contribution < 1.29 is 4.79 Å². The molecule has 6 heteroatoms. The van der Waals surface area contributed by atoms with Gasteiger partial charge >= 0.3 is 0 Å².